The molecule has 2 rings (SSSR count). The summed E-state index contributed by atoms with van der Waals surface area (Å²) in [5.74, 6) is -0.611. The number of carbonyl (C=O) groups is 1. The van der Waals surface area contributed by atoms with Gasteiger partial charge in [0.15, 0.2) is 6.29 Å². The molecule has 1 aromatic rings. The Morgan fingerprint density at radius 1 is 1.29 bits per heavy atom. The van der Waals surface area contributed by atoms with Gasteiger partial charge in [0.25, 0.3) is 16.0 Å². The van der Waals surface area contributed by atoms with Gasteiger partial charge in [0.2, 0.25) is 0 Å². The van der Waals surface area contributed by atoms with Gasteiger partial charge in [-0.05, 0) is 12.1 Å². The molecule has 0 aliphatic carbocycles. The second kappa shape index (κ2) is 7.55. The predicted octanol–water partition coefficient (Wildman–Crippen LogP) is -1.80. The van der Waals surface area contributed by atoms with E-state index in [1.54, 1.807) is 18.2 Å². The number of ether oxygens (including phenoxy) is 1. The van der Waals surface area contributed by atoms with Crippen LogP contribution in [0.25, 0.3) is 0 Å². The molecule has 9 nitrogen and oxygen atoms in total. The van der Waals surface area contributed by atoms with Gasteiger partial charge >= 0.3 is 0 Å². The van der Waals surface area contributed by atoms with E-state index in [9.17, 15) is 23.4 Å². The second-order valence-electron chi connectivity index (χ2n) is 5.37. The zero-order valence-electron chi connectivity index (χ0n) is 12.8. The molecule has 1 aliphatic rings. The fourth-order valence-corrected chi connectivity index (χ4v) is 3.01. The molecule has 0 aromatic heterocycles. The summed E-state index contributed by atoms with van der Waals surface area (Å²) >= 11 is 0. The molecular formula is C14H19NO8S. The summed E-state index contributed by atoms with van der Waals surface area (Å²) in [6, 6.07) is 6.65. The first-order valence-electron chi connectivity index (χ1n) is 7.09. The average Bonchev–Trinajstić information content (AvgIpc) is 2.53. The molecule has 4 N–H and O–H groups in total. The molecule has 0 bridgehead atoms. The van der Waals surface area contributed by atoms with Crippen LogP contribution in [0, 0.1) is 0 Å². The van der Waals surface area contributed by atoms with Crippen LogP contribution in [0.3, 0.4) is 0 Å². The minimum Gasteiger partial charge on any atom is -0.394 e. The third-order valence-corrected chi connectivity index (χ3v) is 4.06. The Bertz CT molecular complexity index is 665. The van der Waals surface area contributed by atoms with Crippen molar-refractivity contribution in [2.45, 2.75) is 30.6 Å². The second-order valence-corrected chi connectivity index (χ2v) is 6.97. The predicted molar refractivity (Wildman–Crippen MR) is 81.4 cm³/mol. The Hall–Kier alpha value is -1.56. The van der Waals surface area contributed by atoms with E-state index in [1.807, 2.05) is 0 Å². The van der Waals surface area contributed by atoms with E-state index >= 15 is 0 Å². The number of carbonyl (C=O) groups excluding carboxylic acids is 1. The molecule has 1 aromatic carbocycles. The van der Waals surface area contributed by atoms with Gasteiger partial charge in [-0.3, -0.25) is 8.98 Å². The molecule has 0 spiro atoms. The van der Waals surface area contributed by atoms with E-state index in [2.05, 4.69) is 5.32 Å². The topological polar surface area (TPSA) is 142 Å². The fraction of sp³-hybridized carbons (Fsp3) is 0.500. The molecule has 1 heterocycles. The lowest BCUT2D eigenvalue weighted by atomic mass is 9.97. The van der Waals surface area contributed by atoms with Crippen molar-refractivity contribution in [3.63, 3.8) is 0 Å². The number of rotatable bonds is 5. The molecule has 134 valence electrons. The van der Waals surface area contributed by atoms with Gasteiger partial charge in [0.1, 0.15) is 24.4 Å². The summed E-state index contributed by atoms with van der Waals surface area (Å²) in [5, 5.41) is 31.7. The lowest BCUT2D eigenvalue weighted by molar-refractivity contribution is -0.247. The highest BCUT2D eigenvalue weighted by Gasteiger charge is 2.47. The number of amides is 1. The Balaban J connectivity index is 2.24. The highest BCUT2D eigenvalue weighted by atomic mass is 32.2. The SMILES string of the molecule is CS(=O)(=O)OC1C(O)C(CO)OC(O)C1NC(=O)c1ccccc1. The van der Waals surface area contributed by atoms with Gasteiger partial charge in [0, 0.05) is 5.56 Å². The lowest BCUT2D eigenvalue weighted by Gasteiger charge is -2.41. The van der Waals surface area contributed by atoms with Crippen LogP contribution < -0.4 is 5.32 Å². The van der Waals surface area contributed by atoms with Crippen molar-refractivity contribution in [1.82, 2.24) is 5.32 Å². The van der Waals surface area contributed by atoms with Crippen LogP contribution in [-0.2, 0) is 19.0 Å². The monoisotopic (exact) mass is 361 g/mol. The van der Waals surface area contributed by atoms with Crippen molar-refractivity contribution in [2.24, 2.45) is 0 Å². The van der Waals surface area contributed by atoms with Crippen LogP contribution in [-0.4, -0.2) is 73.2 Å². The Kier molecular flexibility index (Phi) is 5.91. The third-order valence-electron chi connectivity index (χ3n) is 3.49. The van der Waals surface area contributed by atoms with Gasteiger partial charge < -0.3 is 25.4 Å². The van der Waals surface area contributed by atoms with E-state index in [0.29, 0.717) is 0 Å². The standard InChI is InChI=1S/C14H19NO8S/c1-24(20,21)23-12-10(14(19)22-9(7-16)11(12)17)15-13(18)8-5-3-2-4-6-8/h2-6,9-12,14,16-17,19H,7H2,1H3,(H,15,18). The largest absolute Gasteiger partial charge is 0.394 e. The highest BCUT2D eigenvalue weighted by molar-refractivity contribution is 7.86. The molecule has 1 aliphatic heterocycles. The van der Waals surface area contributed by atoms with Gasteiger partial charge in [0.05, 0.1) is 12.9 Å². The smallest absolute Gasteiger partial charge is 0.264 e. The van der Waals surface area contributed by atoms with Gasteiger partial charge in [-0.15, -0.1) is 0 Å². The van der Waals surface area contributed by atoms with Crippen molar-refractivity contribution in [3.05, 3.63) is 35.9 Å². The van der Waals surface area contributed by atoms with Crippen molar-refractivity contribution >= 4 is 16.0 Å². The number of nitrogens with one attached hydrogen (secondary N) is 1. The minimum absolute atomic E-state index is 0.265. The first-order valence-corrected chi connectivity index (χ1v) is 8.91. The zero-order valence-corrected chi connectivity index (χ0v) is 13.6. The van der Waals surface area contributed by atoms with Crippen LogP contribution >= 0.6 is 0 Å². The molecule has 0 radical (unpaired) electrons. The lowest BCUT2D eigenvalue weighted by Crippen LogP contribution is -2.65. The molecule has 1 saturated heterocycles. The Morgan fingerprint density at radius 3 is 2.46 bits per heavy atom. The Morgan fingerprint density at radius 2 is 1.92 bits per heavy atom. The summed E-state index contributed by atoms with van der Waals surface area (Å²) in [7, 11) is -4.00. The number of aliphatic hydroxyl groups is 3. The van der Waals surface area contributed by atoms with Crippen LogP contribution in [0.1, 0.15) is 10.4 Å². The van der Waals surface area contributed by atoms with Gasteiger partial charge in [-0.25, -0.2) is 0 Å². The number of aliphatic hydroxyl groups excluding tert-OH is 3. The average molecular weight is 361 g/mol. The molecular weight excluding hydrogens is 342 g/mol. The molecule has 0 saturated carbocycles. The first-order chi connectivity index (χ1) is 11.2. The normalized spacial score (nSPS) is 30.8. The van der Waals surface area contributed by atoms with E-state index in [1.165, 1.54) is 12.1 Å². The fourth-order valence-electron chi connectivity index (χ4n) is 2.38. The van der Waals surface area contributed by atoms with E-state index in [4.69, 9.17) is 14.0 Å². The summed E-state index contributed by atoms with van der Waals surface area (Å²) in [6.07, 6.45) is -5.25. The van der Waals surface area contributed by atoms with Gasteiger partial charge in [-0.2, -0.15) is 8.42 Å². The molecule has 24 heavy (non-hydrogen) atoms. The third kappa shape index (κ3) is 4.50. The van der Waals surface area contributed by atoms with Crippen molar-refractivity contribution in [1.29, 1.82) is 0 Å². The number of hydrogen-bond acceptors (Lipinski definition) is 8. The zero-order chi connectivity index (χ0) is 17.9. The maximum absolute atomic E-state index is 12.2. The van der Waals surface area contributed by atoms with Crippen molar-refractivity contribution in [2.75, 3.05) is 12.9 Å². The summed E-state index contributed by atoms with van der Waals surface area (Å²) in [4.78, 5) is 12.2. The number of hydrogen-bond donors (Lipinski definition) is 4. The highest BCUT2D eigenvalue weighted by Crippen LogP contribution is 2.24. The van der Waals surface area contributed by atoms with Crippen LogP contribution in [0.4, 0.5) is 0 Å². The van der Waals surface area contributed by atoms with E-state index in [-0.39, 0.29) is 5.56 Å². The van der Waals surface area contributed by atoms with Crippen molar-refractivity contribution < 1.29 is 37.5 Å². The maximum Gasteiger partial charge on any atom is 0.264 e. The van der Waals surface area contributed by atoms with E-state index < -0.39 is 53.3 Å². The molecule has 10 heteroatoms. The number of benzene rings is 1. The quantitative estimate of drug-likeness (QED) is 0.450. The minimum atomic E-state index is -4.00. The first kappa shape index (κ1) is 18.8. The summed E-state index contributed by atoms with van der Waals surface area (Å²) < 4.78 is 32.6. The molecule has 1 fully saturated rings. The van der Waals surface area contributed by atoms with Crippen LogP contribution in [0.2, 0.25) is 0 Å². The van der Waals surface area contributed by atoms with Crippen LogP contribution in [0.15, 0.2) is 30.3 Å². The molecule has 5 unspecified atom stereocenters. The maximum atomic E-state index is 12.2. The molecule has 1 amide bonds. The van der Waals surface area contributed by atoms with E-state index in [0.717, 1.165) is 6.26 Å². The summed E-state index contributed by atoms with van der Waals surface area (Å²) in [5.41, 5.74) is 0.265. The summed E-state index contributed by atoms with van der Waals surface area (Å²) in [6.45, 7) is -0.665. The Labute approximate surface area is 139 Å². The van der Waals surface area contributed by atoms with Crippen LogP contribution in [0.5, 0.6) is 0 Å². The molecule has 5 atom stereocenters. The van der Waals surface area contributed by atoms with Crippen molar-refractivity contribution in [3.8, 4) is 0 Å². The van der Waals surface area contributed by atoms with Gasteiger partial charge in [-0.1, -0.05) is 18.2 Å².